The first-order valence-electron chi connectivity index (χ1n) is 11.6. The molecule has 37 heavy (non-hydrogen) atoms. The Morgan fingerprint density at radius 3 is 2.46 bits per heavy atom. The van der Waals surface area contributed by atoms with Gasteiger partial charge in [-0.05, 0) is 50.1 Å². The number of nitrogens with one attached hydrogen (secondary N) is 1. The van der Waals surface area contributed by atoms with Crippen molar-refractivity contribution >= 4 is 18.3 Å². The topological polar surface area (TPSA) is 106 Å². The second-order valence-electron chi connectivity index (χ2n) is 7.67. The summed E-state index contributed by atoms with van der Waals surface area (Å²) in [5.74, 6) is 1.34. The Hall–Kier alpha value is -4.17. The van der Waals surface area contributed by atoms with Gasteiger partial charge in [0.25, 0.3) is 12.4 Å². The number of amides is 1. The number of aliphatic imine (C=N–C) groups is 1. The second kappa shape index (κ2) is 17.3. The van der Waals surface area contributed by atoms with E-state index in [-0.39, 0.29) is 5.91 Å². The number of aliphatic hydroxyl groups is 1. The van der Waals surface area contributed by atoms with Gasteiger partial charge in [0.05, 0.1) is 19.9 Å². The van der Waals surface area contributed by atoms with Crippen molar-refractivity contribution in [2.75, 3.05) is 21.3 Å². The first-order chi connectivity index (χ1) is 17.9. The maximum Gasteiger partial charge on any atom is 0.299 e. The average molecular weight is 509 g/mol. The number of aliphatic hydroxyl groups excluding tert-OH is 1. The monoisotopic (exact) mass is 508 g/mol. The van der Waals surface area contributed by atoms with E-state index in [0.29, 0.717) is 35.9 Å². The Labute approximate surface area is 219 Å². The predicted octanol–water partition coefficient (Wildman–Crippen LogP) is 5.20. The van der Waals surface area contributed by atoms with Gasteiger partial charge >= 0.3 is 0 Å². The highest BCUT2D eigenvalue weighted by Gasteiger charge is 2.12. The minimum absolute atomic E-state index is 0.163. The van der Waals surface area contributed by atoms with Crippen molar-refractivity contribution in [3.8, 4) is 11.5 Å². The van der Waals surface area contributed by atoms with Gasteiger partial charge in [0.15, 0.2) is 17.4 Å². The third-order valence-electron chi connectivity index (χ3n) is 5.05. The molecule has 1 aromatic rings. The fraction of sp³-hybridized carbons (Fsp3) is 0.276. The van der Waals surface area contributed by atoms with Gasteiger partial charge < -0.3 is 24.6 Å². The van der Waals surface area contributed by atoms with Crippen LogP contribution < -0.4 is 14.8 Å². The Bertz CT molecular complexity index is 1130. The Morgan fingerprint density at radius 1 is 1.05 bits per heavy atom. The van der Waals surface area contributed by atoms with Crippen molar-refractivity contribution in [1.82, 2.24) is 5.32 Å². The molecule has 0 unspecified atom stereocenters. The quantitative estimate of drug-likeness (QED) is 0.311. The second-order valence-corrected chi connectivity index (χ2v) is 7.67. The molecule has 3 rings (SSSR count). The standard InChI is InChI=1S/C17H19NO3.C11H13NO2.CH4O/c1-12-5-4-6-14(9-7-12)18-17(19)13-8-10-15(20-2)16(11-13)21-3;1-9-6-4-3-5-7-11(9)12-10(2)14-8-13;1-2/h4-8,10-11H,9H2,1-3H3,(H,18,19);3-4,6-8H,5H2,1-2H3;2H,1H3. The summed E-state index contributed by atoms with van der Waals surface area (Å²) in [5, 5.41) is 9.91. The largest absolute Gasteiger partial charge is 0.493 e. The molecule has 198 valence electrons. The lowest BCUT2D eigenvalue weighted by molar-refractivity contribution is -0.121. The molecule has 0 saturated carbocycles. The van der Waals surface area contributed by atoms with Gasteiger partial charge in [0.1, 0.15) is 0 Å². The van der Waals surface area contributed by atoms with Crippen LogP contribution in [-0.2, 0) is 9.53 Å². The molecule has 8 nitrogen and oxygen atoms in total. The van der Waals surface area contributed by atoms with Crippen molar-refractivity contribution in [1.29, 1.82) is 0 Å². The molecule has 0 radical (unpaired) electrons. The fourth-order valence-corrected chi connectivity index (χ4v) is 3.13. The van der Waals surface area contributed by atoms with Gasteiger partial charge in [0, 0.05) is 31.7 Å². The summed E-state index contributed by atoms with van der Waals surface area (Å²) in [6, 6.07) is 5.10. The van der Waals surface area contributed by atoms with E-state index in [2.05, 4.69) is 21.1 Å². The van der Waals surface area contributed by atoms with Gasteiger partial charge in [-0.1, -0.05) is 48.1 Å². The zero-order chi connectivity index (χ0) is 27.6. The molecule has 0 bridgehead atoms. The van der Waals surface area contributed by atoms with Gasteiger partial charge in [-0.15, -0.1) is 0 Å². The number of ether oxygens (including phenoxy) is 3. The van der Waals surface area contributed by atoms with Crippen LogP contribution in [0.15, 0.2) is 94.3 Å². The average Bonchev–Trinajstić information content (AvgIpc) is 3.24. The molecule has 0 aliphatic heterocycles. The van der Waals surface area contributed by atoms with E-state index in [4.69, 9.17) is 14.6 Å². The molecular weight excluding hydrogens is 472 g/mol. The first kappa shape index (κ1) is 30.9. The zero-order valence-corrected chi connectivity index (χ0v) is 22.3. The van der Waals surface area contributed by atoms with Crippen molar-refractivity contribution < 1.29 is 28.9 Å². The molecule has 0 fully saturated rings. The van der Waals surface area contributed by atoms with Crippen molar-refractivity contribution in [3.63, 3.8) is 0 Å². The van der Waals surface area contributed by atoms with E-state index in [1.54, 1.807) is 39.3 Å². The number of nitrogens with zero attached hydrogens (tertiary/aromatic N) is 1. The molecular formula is C29H36N2O6. The predicted molar refractivity (Wildman–Crippen MR) is 147 cm³/mol. The molecule has 1 amide bonds. The highest BCUT2D eigenvalue weighted by atomic mass is 16.5. The van der Waals surface area contributed by atoms with Crippen LogP contribution in [0.4, 0.5) is 0 Å². The van der Waals surface area contributed by atoms with E-state index in [9.17, 15) is 9.59 Å². The summed E-state index contributed by atoms with van der Waals surface area (Å²) >= 11 is 0. The summed E-state index contributed by atoms with van der Waals surface area (Å²) in [7, 11) is 4.11. The van der Waals surface area contributed by atoms with E-state index in [1.807, 2.05) is 56.4 Å². The third kappa shape index (κ3) is 11.0. The molecule has 2 aliphatic rings. The smallest absolute Gasteiger partial charge is 0.299 e. The summed E-state index contributed by atoms with van der Waals surface area (Å²) in [6.07, 6.45) is 17.5. The molecule has 0 heterocycles. The molecule has 2 N–H and O–H groups in total. The molecule has 0 aromatic heterocycles. The van der Waals surface area contributed by atoms with Crippen molar-refractivity contribution in [2.24, 2.45) is 4.99 Å². The van der Waals surface area contributed by atoms with E-state index in [1.165, 1.54) is 5.57 Å². The summed E-state index contributed by atoms with van der Waals surface area (Å²) in [4.78, 5) is 26.5. The number of carbonyl (C=O) groups is 2. The van der Waals surface area contributed by atoms with Crippen molar-refractivity contribution in [3.05, 3.63) is 94.9 Å². The van der Waals surface area contributed by atoms with Gasteiger partial charge in [-0.3, -0.25) is 9.59 Å². The Kier molecular flexibility index (Phi) is 14.4. The van der Waals surface area contributed by atoms with Crippen LogP contribution in [0.5, 0.6) is 11.5 Å². The molecule has 0 saturated heterocycles. The highest BCUT2D eigenvalue weighted by Crippen LogP contribution is 2.27. The normalized spacial score (nSPS) is 14.4. The summed E-state index contributed by atoms with van der Waals surface area (Å²) in [5.41, 5.74) is 4.49. The SMILES string of the molecule is CC1=CC=CCC=C1N=C(C)OC=O.CO.COc1ccc(C(=O)NC2=CC=CC(C)=CC2)cc1OC. The lowest BCUT2D eigenvalue weighted by Crippen LogP contribution is -2.22. The molecule has 0 atom stereocenters. The Balaban J connectivity index is 0.000000372. The lowest BCUT2D eigenvalue weighted by Gasteiger charge is -2.11. The molecule has 0 spiro atoms. The van der Waals surface area contributed by atoms with Crippen LogP contribution in [0.1, 0.15) is 44.0 Å². The van der Waals surface area contributed by atoms with E-state index >= 15 is 0 Å². The van der Waals surface area contributed by atoms with Crippen LogP contribution in [0.25, 0.3) is 0 Å². The maximum atomic E-state index is 12.3. The minimum Gasteiger partial charge on any atom is -0.493 e. The Morgan fingerprint density at radius 2 is 1.78 bits per heavy atom. The van der Waals surface area contributed by atoms with Crippen molar-refractivity contribution in [2.45, 2.75) is 33.6 Å². The number of rotatable bonds is 6. The zero-order valence-electron chi connectivity index (χ0n) is 22.3. The molecule has 1 aromatic carbocycles. The number of hydrogen-bond acceptors (Lipinski definition) is 7. The summed E-state index contributed by atoms with van der Waals surface area (Å²) in [6.45, 7) is 6.04. The van der Waals surface area contributed by atoms with Crippen LogP contribution in [-0.4, -0.2) is 44.7 Å². The van der Waals surface area contributed by atoms with E-state index < -0.39 is 0 Å². The number of carbonyl (C=O) groups excluding carboxylic acids is 2. The van der Waals surface area contributed by atoms with Gasteiger partial charge in [0.2, 0.25) is 0 Å². The lowest BCUT2D eigenvalue weighted by atomic mass is 10.1. The third-order valence-corrected chi connectivity index (χ3v) is 5.05. The maximum absolute atomic E-state index is 12.3. The number of benzene rings is 1. The van der Waals surface area contributed by atoms with Gasteiger partial charge in [-0.2, -0.15) is 0 Å². The highest BCUT2D eigenvalue weighted by molar-refractivity contribution is 5.96. The first-order valence-corrected chi connectivity index (χ1v) is 11.6. The minimum atomic E-state index is -0.163. The van der Waals surface area contributed by atoms with Crippen LogP contribution in [0.2, 0.25) is 0 Å². The number of hydrogen-bond donors (Lipinski definition) is 2. The van der Waals surface area contributed by atoms with Crippen LogP contribution in [0.3, 0.4) is 0 Å². The number of allylic oxidation sites excluding steroid dienone is 10. The van der Waals surface area contributed by atoms with Crippen LogP contribution >= 0.6 is 0 Å². The fourth-order valence-electron chi connectivity index (χ4n) is 3.13. The van der Waals surface area contributed by atoms with Crippen LogP contribution in [0, 0.1) is 0 Å². The summed E-state index contributed by atoms with van der Waals surface area (Å²) < 4.78 is 15.0. The molecule has 8 heteroatoms. The van der Waals surface area contributed by atoms with Gasteiger partial charge in [-0.25, -0.2) is 4.99 Å². The number of methoxy groups -OCH3 is 2. The molecule has 2 aliphatic carbocycles. The van der Waals surface area contributed by atoms with E-state index in [0.717, 1.165) is 30.5 Å².